The lowest BCUT2D eigenvalue weighted by molar-refractivity contribution is 0.587. The first-order valence-electron chi connectivity index (χ1n) is 6.29. The van der Waals surface area contributed by atoms with Crippen molar-refractivity contribution in [1.82, 2.24) is 0 Å². The quantitative estimate of drug-likeness (QED) is 0.821. The van der Waals surface area contributed by atoms with Crippen LogP contribution in [0.1, 0.15) is 30.5 Å². The number of rotatable bonds is 4. The molecular formula is C16H18FN. The van der Waals surface area contributed by atoms with E-state index in [0.717, 1.165) is 17.7 Å². The third-order valence-electron chi connectivity index (χ3n) is 3.16. The van der Waals surface area contributed by atoms with Gasteiger partial charge in [0.15, 0.2) is 0 Å². The second-order valence-corrected chi connectivity index (χ2v) is 4.44. The van der Waals surface area contributed by atoms with E-state index in [2.05, 4.69) is 25.2 Å². The molecule has 1 nitrogen and oxygen atoms in total. The Hall–Kier alpha value is -1.83. The molecule has 0 saturated carbocycles. The summed E-state index contributed by atoms with van der Waals surface area (Å²) in [6.45, 7) is 4.11. The van der Waals surface area contributed by atoms with Crippen molar-refractivity contribution in [3.05, 3.63) is 65.5 Å². The predicted octanol–water partition coefficient (Wildman–Crippen LogP) is 4.70. The molecule has 2 rings (SSSR count). The van der Waals surface area contributed by atoms with Crippen LogP contribution in [0, 0.1) is 12.7 Å². The molecule has 18 heavy (non-hydrogen) atoms. The number of nitrogens with one attached hydrogen (secondary N) is 1. The first-order chi connectivity index (χ1) is 8.72. The molecule has 0 saturated heterocycles. The van der Waals surface area contributed by atoms with E-state index in [1.54, 1.807) is 6.07 Å². The summed E-state index contributed by atoms with van der Waals surface area (Å²) in [4.78, 5) is 0. The largest absolute Gasteiger partial charge is 0.378 e. The number of hydrogen-bond donors (Lipinski definition) is 1. The summed E-state index contributed by atoms with van der Waals surface area (Å²) in [5.41, 5.74) is 2.96. The molecule has 0 aliphatic heterocycles. The van der Waals surface area contributed by atoms with E-state index >= 15 is 0 Å². The predicted molar refractivity (Wildman–Crippen MR) is 74.2 cm³/mol. The third kappa shape index (κ3) is 2.70. The molecule has 0 radical (unpaired) electrons. The second-order valence-electron chi connectivity index (χ2n) is 4.44. The minimum Gasteiger partial charge on any atom is -0.378 e. The Balaban J connectivity index is 2.26. The third-order valence-corrected chi connectivity index (χ3v) is 3.16. The van der Waals surface area contributed by atoms with Crippen molar-refractivity contribution in [3.63, 3.8) is 0 Å². The van der Waals surface area contributed by atoms with Gasteiger partial charge in [0.1, 0.15) is 5.82 Å². The molecule has 0 aliphatic carbocycles. The molecule has 0 fully saturated rings. The van der Waals surface area contributed by atoms with Gasteiger partial charge in [-0.1, -0.05) is 43.3 Å². The summed E-state index contributed by atoms with van der Waals surface area (Å²) < 4.78 is 13.8. The van der Waals surface area contributed by atoms with Gasteiger partial charge < -0.3 is 5.32 Å². The minimum absolute atomic E-state index is 0.00676. The SMILES string of the molecule is CCC(Nc1ccccc1C)c1ccccc1F. The lowest BCUT2D eigenvalue weighted by Crippen LogP contribution is -2.12. The lowest BCUT2D eigenvalue weighted by atomic mass is 10.0. The van der Waals surface area contributed by atoms with Crippen LogP contribution in [0.25, 0.3) is 0 Å². The van der Waals surface area contributed by atoms with Gasteiger partial charge >= 0.3 is 0 Å². The van der Waals surface area contributed by atoms with Crippen LogP contribution < -0.4 is 5.32 Å². The van der Waals surface area contributed by atoms with E-state index in [1.165, 1.54) is 11.6 Å². The van der Waals surface area contributed by atoms with Gasteiger partial charge in [-0.2, -0.15) is 0 Å². The zero-order valence-electron chi connectivity index (χ0n) is 10.8. The van der Waals surface area contributed by atoms with Gasteiger partial charge in [-0.05, 0) is 31.0 Å². The maximum atomic E-state index is 13.8. The standard InChI is InChI=1S/C16H18FN/c1-3-15(13-9-5-6-10-14(13)17)18-16-11-7-4-8-12(16)2/h4-11,15,18H,3H2,1-2H3. The molecule has 0 bridgehead atoms. The summed E-state index contributed by atoms with van der Waals surface area (Å²) in [5.74, 6) is -0.148. The van der Waals surface area contributed by atoms with Gasteiger partial charge in [0.25, 0.3) is 0 Å². The maximum Gasteiger partial charge on any atom is 0.128 e. The smallest absolute Gasteiger partial charge is 0.128 e. The number of hydrogen-bond acceptors (Lipinski definition) is 1. The molecule has 2 aromatic carbocycles. The highest BCUT2D eigenvalue weighted by Crippen LogP contribution is 2.26. The van der Waals surface area contributed by atoms with E-state index in [4.69, 9.17) is 0 Å². The molecule has 0 amide bonds. The van der Waals surface area contributed by atoms with Crippen molar-refractivity contribution < 1.29 is 4.39 Å². The first-order valence-corrected chi connectivity index (χ1v) is 6.29. The highest BCUT2D eigenvalue weighted by atomic mass is 19.1. The summed E-state index contributed by atoms with van der Waals surface area (Å²) >= 11 is 0. The molecule has 94 valence electrons. The topological polar surface area (TPSA) is 12.0 Å². The van der Waals surface area contributed by atoms with Crippen LogP contribution in [0.15, 0.2) is 48.5 Å². The number of aryl methyl sites for hydroxylation is 1. The van der Waals surface area contributed by atoms with E-state index in [0.29, 0.717) is 0 Å². The highest BCUT2D eigenvalue weighted by molar-refractivity contribution is 5.52. The summed E-state index contributed by atoms with van der Waals surface area (Å²) in [6.07, 6.45) is 0.843. The number of benzene rings is 2. The van der Waals surface area contributed by atoms with Crippen LogP contribution in [0.2, 0.25) is 0 Å². The van der Waals surface area contributed by atoms with Crippen LogP contribution in [-0.4, -0.2) is 0 Å². The van der Waals surface area contributed by atoms with Gasteiger partial charge in [0.05, 0.1) is 6.04 Å². The van der Waals surface area contributed by atoms with Gasteiger partial charge in [0, 0.05) is 11.3 Å². The summed E-state index contributed by atoms with van der Waals surface area (Å²) in [6, 6.07) is 15.0. The Labute approximate surface area is 108 Å². The molecule has 0 heterocycles. The maximum absolute atomic E-state index is 13.8. The van der Waals surface area contributed by atoms with E-state index in [1.807, 2.05) is 30.3 Å². The molecule has 2 heteroatoms. The minimum atomic E-state index is -0.148. The highest BCUT2D eigenvalue weighted by Gasteiger charge is 2.13. The fourth-order valence-corrected chi connectivity index (χ4v) is 2.08. The van der Waals surface area contributed by atoms with Crippen molar-refractivity contribution in [1.29, 1.82) is 0 Å². The van der Waals surface area contributed by atoms with Gasteiger partial charge in [-0.3, -0.25) is 0 Å². The fourth-order valence-electron chi connectivity index (χ4n) is 2.08. The molecule has 0 spiro atoms. The Morgan fingerprint density at radius 2 is 1.72 bits per heavy atom. The molecule has 0 aromatic heterocycles. The van der Waals surface area contributed by atoms with E-state index in [-0.39, 0.29) is 11.9 Å². The fraction of sp³-hybridized carbons (Fsp3) is 0.250. The number of halogens is 1. The average Bonchev–Trinajstić information content (AvgIpc) is 2.39. The van der Waals surface area contributed by atoms with Gasteiger partial charge in [-0.25, -0.2) is 4.39 Å². The van der Waals surface area contributed by atoms with Crippen molar-refractivity contribution >= 4 is 5.69 Å². The van der Waals surface area contributed by atoms with Crippen LogP contribution >= 0.6 is 0 Å². The summed E-state index contributed by atoms with van der Waals surface area (Å²) in [7, 11) is 0. The zero-order valence-corrected chi connectivity index (χ0v) is 10.8. The van der Waals surface area contributed by atoms with Crippen LogP contribution in [0.3, 0.4) is 0 Å². The van der Waals surface area contributed by atoms with Crippen LogP contribution in [-0.2, 0) is 0 Å². The molecule has 0 aliphatic rings. The number of anilines is 1. The zero-order chi connectivity index (χ0) is 13.0. The molecule has 1 atom stereocenters. The second kappa shape index (κ2) is 5.67. The van der Waals surface area contributed by atoms with Crippen molar-refractivity contribution in [3.8, 4) is 0 Å². The normalized spacial score (nSPS) is 12.2. The molecule has 2 aromatic rings. The monoisotopic (exact) mass is 243 g/mol. The van der Waals surface area contributed by atoms with Crippen molar-refractivity contribution in [2.75, 3.05) is 5.32 Å². The Morgan fingerprint density at radius 1 is 1.06 bits per heavy atom. The first kappa shape index (κ1) is 12.6. The number of para-hydroxylation sites is 1. The summed E-state index contributed by atoms with van der Waals surface area (Å²) in [5, 5.41) is 3.41. The van der Waals surface area contributed by atoms with Gasteiger partial charge in [0.2, 0.25) is 0 Å². The van der Waals surface area contributed by atoms with Gasteiger partial charge in [-0.15, -0.1) is 0 Å². The lowest BCUT2D eigenvalue weighted by Gasteiger charge is -2.20. The molecule has 1 unspecified atom stereocenters. The Bertz CT molecular complexity index is 522. The Morgan fingerprint density at radius 3 is 2.39 bits per heavy atom. The van der Waals surface area contributed by atoms with Crippen molar-refractivity contribution in [2.24, 2.45) is 0 Å². The van der Waals surface area contributed by atoms with E-state index in [9.17, 15) is 4.39 Å². The van der Waals surface area contributed by atoms with E-state index < -0.39 is 0 Å². The average molecular weight is 243 g/mol. The molecule has 1 N–H and O–H groups in total. The van der Waals surface area contributed by atoms with Crippen molar-refractivity contribution in [2.45, 2.75) is 26.3 Å². The van der Waals surface area contributed by atoms with Crippen LogP contribution in [0.4, 0.5) is 10.1 Å². The van der Waals surface area contributed by atoms with Crippen LogP contribution in [0.5, 0.6) is 0 Å². The molecular weight excluding hydrogens is 225 g/mol. The Kier molecular flexibility index (Phi) is 3.98.